The third kappa shape index (κ3) is 80.1. The minimum Gasteiger partial charge on any atom is -0.462 e. The molecule has 0 bridgehead atoms. The largest absolute Gasteiger partial charge is 0.472 e. The van der Waals surface area contributed by atoms with E-state index in [-0.39, 0.29) is 25.7 Å². The zero-order chi connectivity index (χ0) is 77.8. The van der Waals surface area contributed by atoms with Crippen LogP contribution in [0.2, 0.25) is 0 Å². The zero-order valence-corrected chi connectivity index (χ0v) is 71.5. The van der Waals surface area contributed by atoms with Gasteiger partial charge in [-0.25, -0.2) is 9.13 Å². The van der Waals surface area contributed by atoms with E-state index in [2.05, 4.69) is 41.5 Å². The van der Waals surface area contributed by atoms with Crippen molar-refractivity contribution in [3.05, 3.63) is 0 Å². The first-order valence-corrected chi connectivity index (χ1v) is 48.0. The number of phosphoric acid groups is 2. The molecule has 0 saturated heterocycles. The Hall–Kier alpha value is -1.94. The van der Waals surface area contributed by atoms with Crippen LogP contribution in [0.15, 0.2) is 0 Å². The van der Waals surface area contributed by atoms with E-state index >= 15 is 0 Å². The van der Waals surface area contributed by atoms with Crippen LogP contribution in [0, 0.1) is 11.8 Å². The summed E-state index contributed by atoms with van der Waals surface area (Å²) < 4.78 is 68.9. The number of rotatable bonds is 86. The van der Waals surface area contributed by atoms with E-state index in [0.29, 0.717) is 25.7 Å². The van der Waals surface area contributed by atoms with Crippen molar-refractivity contribution in [1.82, 2.24) is 0 Å². The van der Waals surface area contributed by atoms with Crippen LogP contribution >= 0.6 is 15.6 Å². The van der Waals surface area contributed by atoms with E-state index in [1.165, 1.54) is 283 Å². The van der Waals surface area contributed by atoms with Gasteiger partial charge in [0.2, 0.25) is 0 Å². The molecule has 0 aliphatic carbocycles. The molecule has 3 N–H and O–H groups in total. The van der Waals surface area contributed by atoms with Gasteiger partial charge < -0.3 is 33.8 Å². The van der Waals surface area contributed by atoms with Crippen LogP contribution in [0.5, 0.6) is 0 Å². The van der Waals surface area contributed by atoms with E-state index in [4.69, 9.17) is 37.0 Å². The van der Waals surface area contributed by atoms with Crippen LogP contribution in [0.1, 0.15) is 465 Å². The Morgan fingerprint density at radius 3 is 0.642 bits per heavy atom. The van der Waals surface area contributed by atoms with Crippen molar-refractivity contribution < 1.29 is 80.2 Å². The van der Waals surface area contributed by atoms with Gasteiger partial charge in [-0.3, -0.25) is 37.3 Å². The van der Waals surface area contributed by atoms with Crippen LogP contribution < -0.4 is 0 Å². The summed E-state index contributed by atoms with van der Waals surface area (Å²) in [5.74, 6) is -0.508. The highest BCUT2D eigenvalue weighted by Gasteiger charge is 2.30. The molecule has 0 aromatic rings. The maximum atomic E-state index is 13.2. The van der Waals surface area contributed by atoms with Gasteiger partial charge in [0.15, 0.2) is 12.2 Å². The minimum absolute atomic E-state index is 0.108. The van der Waals surface area contributed by atoms with E-state index < -0.39 is 97.5 Å². The van der Waals surface area contributed by atoms with Crippen molar-refractivity contribution in [3.8, 4) is 0 Å². The molecular formula is C87H170O17P2. The molecule has 17 nitrogen and oxygen atoms in total. The maximum absolute atomic E-state index is 13.2. The Labute approximate surface area is 651 Å². The number of ether oxygens (including phenoxy) is 4. The Morgan fingerprint density at radius 1 is 0.255 bits per heavy atom. The van der Waals surface area contributed by atoms with Gasteiger partial charge in [-0.15, -0.1) is 0 Å². The molecule has 5 atom stereocenters. The molecule has 0 rings (SSSR count). The summed E-state index contributed by atoms with van der Waals surface area (Å²) in [5, 5.41) is 10.7. The quantitative estimate of drug-likeness (QED) is 0.0222. The summed E-state index contributed by atoms with van der Waals surface area (Å²) in [6, 6.07) is 0. The van der Waals surface area contributed by atoms with Gasteiger partial charge in [0.1, 0.15) is 19.3 Å². The Morgan fingerprint density at radius 2 is 0.434 bits per heavy atom. The van der Waals surface area contributed by atoms with Gasteiger partial charge in [-0.05, 0) is 37.5 Å². The molecular weight excluding hydrogens is 1380 g/mol. The molecule has 19 heteroatoms. The van der Waals surface area contributed by atoms with Gasteiger partial charge in [-0.1, -0.05) is 414 Å². The van der Waals surface area contributed by atoms with Crippen LogP contribution in [-0.2, 0) is 65.4 Å². The topological polar surface area (TPSA) is 237 Å². The predicted octanol–water partition coefficient (Wildman–Crippen LogP) is 26.6. The standard InChI is InChI=1S/C87H170O17P2/c1-7-9-11-13-15-17-19-20-21-22-23-24-25-26-27-30-36-41-47-53-59-65-71-86(91)104-83(76-98-85(90)70-64-58-52-46-40-35-31-28-29-33-38-43-49-55-61-67-79(3)4)78-102-106(95,96)100-74-81(88)73-99-105(93,94)101-77-82(75-97-84(89)69-63-57-51-45-18-16-14-12-10-8-2)103-87(92)72-66-60-54-48-42-37-32-34-39-44-50-56-62-68-80(5)6/h79-83,88H,7-78H2,1-6H3,(H,93,94)(H,95,96)/t81-,82+,83+/m0/s1. The summed E-state index contributed by atoms with van der Waals surface area (Å²) in [7, 11) is -9.93. The number of carbonyl (C=O) groups excluding carboxylic acids is 4. The van der Waals surface area contributed by atoms with E-state index in [0.717, 1.165) is 102 Å². The molecule has 0 aromatic heterocycles. The van der Waals surface area contributed by atoms with Crippen molar-refractivity contribution in [3.63, 3.8) is 0 Å². The molecule has 0 fully saturated rings. The smallest absolute Gasteiger partial charge is 0.462 e. The summed E-state index contributed by atoms with van der Waals surface area (Å²) >= 11 is 0. The Kier molecular flexibility index (Phi) is 76.9. The second-order valence-electron chi connectivity index (χ2n) is 32.2. The average Bonchev–Trinajstić information content (AvgIpc) is 0.900. The number of aliphatic hydroxyl groups is 1. The van der Waals surface area contributed by atoms with Crippen molar-refractivity contribution in [2.45, 2.75) is 484 Å². The van der Waals surface area contributed by atoms with Crippen LogP contribution in [-0.4, -0.2) is 96.7 Å². The molecule has 0 aromatic carbocycles. The SMILES string of the molecule is CCCCCCCCCCCCCCCCCCCCCCCCC(=O)O[C@H](COC(=O)CCCCCCCCCCCCCCCCCC(C)C)COP(=O)(O)OC[C@@H](O)COP(=O)(O)OC[C@@H](COC(=O)CCCCCCCCCCCC)OC(=O)CCCCCCCCCCCCCCCC(C)C. The minimum atomic E-state index is -4.97. The number of esters is 4. The average molecular weight is 1550 g/mol. The van der Waals surface area contributed by atoms with Crippen molar-refractivity contribution >= 4 is 39.5 Å². The predicted molar refractivity (Wildman–Crippen MR) is 437 cm³/mol. The second kappa shape index (κ2) is 78.3. The molecule has 0 aliphatic rings. The lowest BCUT2D eigenvalue weighted by atomic mass is 10.0. The number of carbonyl (C=O) groups is 4. The van der Waals surface area contributed by atoms with Crippen molar-refractivity contribution in [2.24, 2.45) is 11.8 Å². The number of phosphoric ester groups is 2. The third-order valence-corrected chi connectivity index (χ3v) is 22.4. The molecule has 0 aliphatic heterocycles. The van der Waals surface area contributed by atoms with Crippen molar-refractivity contribution in [1.29, 1.82) is 0 Å². The van der Waals surface area contributed by atoms with Crippen molar-refractivity contribution in [2.75, 3.05) is 39.6 Å². The highest BCUT2D eigenvalue weighted by molar-refractivity contribution is 7.47. The molecule has 0 spiro atoms. The van der Waals surface area contributed by atoms with Gasteiger partial charge in [0.25, 0.3) is 0 Å². The summed E-state index contributed by atoms with van der Waals surface area (Å²) in [6.45, 7) is 9.71. The monoisotopic (exact) mass is 1550 g/mol. The lowest BCUT2D eigenvalue weighted by molar-refractivity contribution is -0.161. The van der Waals surface area contributed by atoms with Crippen LogP contribution in [0.25, 0.3) is 0 Å². The molecule has 0 amide bonds. The van der Waals surface area contributed by atoms with Gasteiger partial charge in [-0.2, -0.15) is 0 Å². The van der Waals surface area contributed by atoms with E-state index in [1.807, 2.05) is 0 Å². The highest BCUT2D eigenvalue weighted by Crippen LogP contribution is 2.45. The van der Waals surface area contributed by atoms with E-state index in [1.54, 1.807) is 0 Å². The second-order valence-corrected chi connectivity index (χ2v) is 35.1. The third-order valence-electron chi connectivity index (χ3n) is 20.5. The maximum Gasteiger partial charge on any atom is 0.472 e. The highest BCUT2D eigenvalue weighted by atomic mass is 31.2. The molecule has 0 saturated carbocycles. The molecule has 630 valence electrons. The first kappa shape index (κ1) is 104. The fraction of sp³-hybridized carbons (Fsp3) is 0.954. The molecule has 0 heterocycles. The fourth-order valence-electron chi connectivity index (χ4n) is 13.6. The summed E-state index contributed by atoms with van der Waals surface area (Å²) in [5.41, 5.74) is 0. The molecule has 2 unspecified atom stereocenters. The normalized spacial score (nSPS) is 13.8. The van der Waals surface area contributed by atoms with Gasteiger partial charge >= 0.3 is 39.5 Å². The van der Waals surface area contributed by atoms with Gasteiger partial charge in [0.05, 0.1) is 26.4 Å². The summed E-state index contributed by atoms with van der Waals surface area (Å²) in [6.07, 6.45) is 70.9. The van der Waals surface area contributed by atoms with E-state index in [9.17, 15) is 43.2 Å². The lowest BCUT2D eigenvalue weighted by Gasteiger charge is -2.21. The molecule has 0 radical (unpaired) electrons. The summed E-state index contributed by atoms with van der Waals surface area (Å²) in [4.78, 5) is 73.2. The van der Waals surface area contributed by atoms with Crippen LogP contribution in [0.3, 0.4) is 0 Å². The molecule has 106 heavy (non-hydrogen) atoms. The fourth-order valence-corrected chi connectivity index (χ4v) is 15.2. The Bertz CT molecular complexity index is 2030. The van der Waals surface area contributed by atoms with Gasteiger partial charge in [0, 0.05) is 25.7 Å². The number of hydrogen-bond donors (Lipinski definition) is 3. The first-order chi connectivity index (χ1) is 51.4. The lowest BCUT2D eigenvalue weighted by Crippen LogP contribution is -2.30. The number of unbranched alkanes of at least 4 members (excludes halogenated alkanes) is 56. The number of hydrogen-bond acceptors (Lipinski definition) is 15. The first-order valence-electron chi connectivity index (χ1n) is 45.0. The Balaban J connectivity index is 5.22. The number of aliphatic hydroxyl groups excluding tert-OH is 1. The zero-order valence-electron chi connectivity index (χ0n) is 69.7. The van der Waals surface area contributed by atoms with Crippen LogP contribution in [0.4, 0.5) is 0 Å².